The molecule has 1 N–H and O–H groups in total. The fourth-order valence-corrected chi connectivity index (χ4v) is 6.00. The van der Waals surface area contributed by atoms with E-state index in [2.05, 4.69) is 11.4 Å². The van der Waals surface area contributed by atoms with E-state index in [9.17, 15) is 18.0 Å². The molecular weight excluding hydrogens is 414 g/mol. The molecule has 0 unspecified atom stereocenters. The van der Waals surface area contributed by atoms with Gasteiger partial charge in [0.1, 0.15) is 6.04 Å². The summed E-state index contributed by atoms with van der Waals surface area (Å²) < 4.78 is 27.2. The second kappa shape index (κ2) is 9.96. The van der Waals surface area contributed by atoms with Crippen molar-refractivity contribution in [2.24, 2.45) is 0 Å². The van der Waals surface area contributed by atoms with Gasteiger partial charge in [0.05, 0.1) is 4.90 Å². The number of carbonyl (C=O) groups excluding carboxylic acids is 2. The Hall–Kier alpha value is -2.19. The van der Waals surface area contributed by atoms with Crippen molar-refractivity contribution in [3.05, 3.63) is 35.4 Å². The normalized spacial score (nSPS) is 18.6. The summed E-state index contributed by atoms with van der Waals surface area (Å²) in [7, 11) is -3.60. The minimum Gasteiger partial charge on any atom is -0.354 e. The molecule has 0 radical (unpaired) electrons. The van der Waals surface area contributed by atoms with Crippen LogP contribution in [0.1, 0.15) is 58.4 Å². The first-order chi connectivity index (χ1) is 14.8. The van der Waals surface area contributed by atoms with Crippen LogP contribution in [-0.2, 0) is 26.0 Å². The quantitative estimate of drug-likeness (QED) is 0.621. The van der Waals surface area contributed by atoms with Crippen LogP contribution in [0.25, 0.3) is 0 Å². The molecule has 1 heterocycles. The second-order valence-electron chi connectivity index (χ2n) is 8.14. The van der Waals surface area contributed by atoms with E-state index in [4.69, 9.17) is 0 Å². The molecule has 0 fully saturated rings. The van der Waals surface area contributed by atoms with Crippen molar-refractivity contribution < 1.29 is 18.0 Å². The van der Waals surface area contributed by atoms with Crippen LogP contribution >= 0.6 is 0 Å². The number of amides is 2. The van der Waals surface area contributed by atoms with E-state index < -0.39 is 16.1 Å². The highest BCUT2D eigenvalue weighted by molar-refractivity contribution is 7.89. The molecule has 1 aromatic carbocycles. The largest absolute Gasteiger partial charge is 0.354 e. The van der Waals surface area contributed by atoms with E-state index in [0.29, 0.717) is 37.3 Å². The van der Waals surface area contributed by atoms with Gasteiger partial charge in [-0.25, -0.2) is 8.42 Å². The molecule has 0 spiro atoms. The van der Waals surface area contributed by atoms with Gasteiger partial charge >= 0.3 is 0 Å². The van der Waals surface area contributed by atoms with Gasteiger partial charge in [0.2, 0.25) is 21.8 Å². The standard InChI is InChI=1S/C23H33N3O4S/c1-4-25(5-2)31(29,30)20-11-12-21-19(15-20)16-22(26(21)17(3)27)23(28)24-14-13-18-9-7-6-8-10-18/h9,11-12,15,22H,4-8,10,13-14,16H2,1-3H3,(H,24,28)/t22-/m0/s1. The van der Waals surface area contributed by atoms with E-state index in [1.54, 1.807) is 26.0 Å². The molecule has 0 saturated carbocycles. The van der Waals surface area contributed by atoms with Crippen molar-refractivity contribution in [3.63, 3.8) is 0 Å². The van der Waals surface area contributed by atoms with Crippen LogP contribution in [0.2, 0.25) is 0 Å². The van der Waals surface area contributed by atoms with Crippen molar-refractivity contribution in [3.8, 4) is 0 Å². The number of sulfonamides is 1. The number of nitrogens with zero attached hydrogens (tertiary/aromatic N) is 2. The van der Waals surface area contributed by atoms with Crippen molar-refractivity contribution in [2.75, 3.05) is 24.5 Å². The van der Waals surface area contributed by atoms with E-state index in [0.717, 1.165) is 19.3 Å². The zero-order valence-electron chi connectivity index (χ0n) is 18.7. The summed E-state index contributed by atoms with van der Waals surface area (Å²) in [6.45, 7) is 6.35. The van der Waals surface area contributed by atoms with Gasteiger partial charge in [0.25, 0.3) is 0 Å². The molecule has 1 aliphatic carbocycles. The number of hydrogen-bond donors (Lipinski definition) is 1. The Morgan fingerprint density at radius 3 is 2.55 bits per heavy atom. The summed E-state index contributed by atoms with van der Waals surface area (Å²) in [5, 5.41) is 2.97. The van der Waals surface area contributed by atoms with Crippen LogP contribution in [0.4, 0.5) is 5.69 Å². The average Bonchev–Trinajstić information content (AvgIpc) is 3.14. The lowest BCUT2D eigenvalue weighted by atomic mass is 9.97. The van der Waals surface area contributed by atoms with Gasteiger partial charge in [-0.05, 0) is 55.9 Å². The summed E-state index contributed by atoms with van der Waals surface area (Å²) in [4.78, 5) is 26.9. The van der Waals surface area contributed by atoms with Crippen LogP contribution in [-0.4, -0.2) is 50.2 Å². The first-order valence-electron chi connectivity index (χ1n) is 11.2. The molecule has 7 nitrogen and oxygen atoms in total. The molecule has 1 atom stereocenters. The van der Waals surface area contributed by atoms with E-state index in [1.807, 2.05) is 0 Å². The molecule has 3 rings (SSSR count). The Kier molecular flexibility index (Phi) is 7.54. The number of rotatable bonds is 8. The topological polar surface area (TPSA) is 86.8 Å². The summed E-state index contributed by atoms with van der Waals surface area (Å²) in [5.74, 6) is -0.427. The fraction of sp³-hybridized carbons (Fsp3) is 0.565. The Morgan fingerprint density at radius 2 is 1.94 bits per heavy atom. The highest BCUT2D eigenvalue weighted by Crippen LogP contribution is 2.35. The SMILES string of the molecule is CCN(CC)S(=O)(=O)c1ccc2c(c1)C[C@@H](C(=O)NCCC1=CCCCC1)N2C(C)=O. The van der Waals surface area contributed by atoms with Gasteiger partial charge in [-0.15, -0.1) is 0 Å². The van der Waals surface area contributed by atoms with E-state index in [1.165, 1.54) is 40.6 Å². The Balaban J connectivity index is 1.76. The summed E-state index contributed by atoms with van der Waals surface area (Å²) >= 11 is 0. The van der Waals surface area contributed by atoms with Gasteiger partial charge in [0.15, 0.2) is 0 Å². The molecule has 2 amide bonds. The number of benzene rings is 1. The summed E-state index contributed by atoms with van der Waals surface area (Å²) in [6, 6.07) is 4.13. The second-order valence-corrected chi connectivity index (χ2v) is 10.1. The lowest BCUT2D eigenvalue weighted by Gasteiger charge is -2.24. The van der Waals surface area contributed by atoms with Gasteiger partial charge in [-0.2, -0.15) is 4.31 Å². The number of hydrogen-bond acceptors (Lipinski definition) is 4. The average molecular weight is 448 g/mol. The number of anilines is 1. The molecule has 0 aromatic heterocycles. The van der Waals surface area contributed by atoms with Crippen molar-refractivity contribution in [1.29, 1.82) is 0 Å². The third kappa shape index (κ3) is 5.01. The number of nitrogens with one attached hydrogen (secondary N) is 1. The highest BCUT2D eigenvalue weighted by atomic mass is 32.2. The number of fused-ring (bicyclic) bond motifs is 1. The molecule has 1 aliphatic heterocycles. The molecule has 31 heavy (non-hydrogen) atoms. The van der Waals surface area contributed by atoms with Crippen molar-refractivity contribution >= 4 is 27.5 Å². The van der Waals surface area contributed by atoms with Crippen LogP contribution < -0.4 is 10.2 Å². The smallest absolute Gasteiger partial charge is 0.243 e. The Bertz CT molecular complexity index is 967. The Labute approximate surface area is 185 Å². The third-order valence-electron chi connectivity index (χ3n) is 6.15. The molecule has 2 aliphatic rings. The maximum absolute atomic E-state index is 12.9. The predicted molar refractivity (Wildman–Crippen MR) is 121 cm³/mol. The van der Waals surface area contributed by atoms with Crippen molar-refractivity contribution in [1.82, 2.24) is 9.62 Å². The fourth-order valence-electron chi connectivity index (χ4n) is 4.50. The van der Waals surface area contributed by atoms with Gasteiger partial charge in [-0.1, -0.05) is 25.5 Å². The Morgan fingerprint density at radius 1 is 1.19 bits per heavy atom. The van der Waals surface area contributed by atoms with Gasteiger partial charge in [0, 0.05) is 38.7 Å². The maximum atomic E-state index is 12.9. The number of allylic oxidation sites excluding steroid dienone is 1. The first-order valence-corrected chi connectivity index (χ1v) is 12.6. The third-order valence-corrected chi connectivity index (χ3v) is 8.20. The zero-order valence-corrected chi connectivity index (χ0v) is 19.5. The molecule has 1 aromatic rings. The molecule has 0 bridgehead atoms. The maximum Gasteiger partial charge on any atom is 0.243 e. The zero-order chi connectivity index (χ0) is 22.6. The first kappa shape index (κ1) is 23.5. The van der Waals surface area contributed by atoms with E-state index in [-0.39, 0.29) is 16.7 Å². The predicted octanol–water partition coefficient (Wildman–Crippen LogP) is 3.00. The molecule has 8 heteroatoms. The lowest BCUT2D eigenvalue weighted by molar-refractivity contribution is -0.125. The van der Waals surface area contributed by atoms with Crippen LogP contribution in [0, 0.1) is 0 Å². The summed E-state index contributed by atoms with van der Waals surface area (Å²) in [5.41, 5.74) is 2.70. The van der Waals surface area contributed by atoms with Crippen molar-refractivity contribution in [2.45, 2.75) is 70.2 Å². The minimum atomic E-state index is -3.60. The van der Waals surface area contributed by atoms with Gasteiger partial charge < -0.3 is 5.32 Å². The van der Waals surface area contributed by atoms with Crippen LogP contribution in [0.3, 0.4) is 0 Å². The minimum absolute atomic E-state index is 0.198. The van der Waals surface area contributed by atoms with Gasteiger partial charge in [-0.3, -0.25) is 14.5 Å². The van der Waals surface area contributed by atoms with Crippen LogP contribution in [0.15, 0.2) is 34.7 Å². The highest BCUT2D eigenvalue weighted by Gasteiger charge is 2.37. The monoisotopic (exact) mass is 447 g/mol. The number of carbonyl (C=O) groups is 2. The van der Waals surface area contributed by atoms with Crippen LogP contribution in [0.5, 0.6) is 0 Å². The van der Waals surface area contributed by atoms with E-state index >= 15 is 0 Å². The molecular formula is C23H33N3O4S. The molecule has 0 saturated heterocycles. The lowest BCUT2D eigenvalue weighted by Crippen LogP contribution is -2.47. The molecule has 170 valence electrons. The summed E-state index contributed by atoms with van der Waals surface area (Å²) in [6.07, 6.45) is 8.04.